The maximum atomic E-state index is 12.1. The van der Waals surface area contributed by atoms with Crippen LogP contribution in [0.1, 0.15) is 27.3 Å². The molecule has 0 amide bonds. The Labute approximate surface area is 115 Å². The minimum Gasteiger partial charge on any atom is -0.293 e. The lowest BCUT2D eigenvalue weighted by atomic mass is 10.0. The van der Waals surface area contributed by atoms with E-state index in [1.54, 1.807) is 0 Å². The van der Waals surface area contributed by atoms with Gasteiger partial charge in [-0.25, -0.2) is 4.98 Å². The molecular formula is C13H14N2OS2. The topological polar surface area (TPSA) is 42.9 Å². The van der Waals surface area contributed by atoms with Crippen molar-refractivity contribution >= 4 is 29.1 Å². The van der Waals surface area contributed by atoms with Crippen LogP contribution in [-0.4, -0.2) is 20.9 Å². The van der Waals surface area contributed by atoms with Crippen molar-refractivity contribution in [1.29, 1.82) is 0 Å². The average molecular weight is 278 g/mol. The fourth-order valence-corrected chi connectivity index (χ4v) is 3.11. The third kappa shape index (κ3) is 3.17. The van der Waals surface area contributed by atoms with E-state index in [-0.39, 0.29) is 5.78 Å². The summed E-state index contributed by atoms with van der Waals surface area (Å²) < 4.78 is 4.95. The van der Waals surface area contributed by atoms with E-state index in [1.165, 1.54) is 23.3 Å². The Hall–Kier alpha value is -1.20. The molecule has 2 rings (SSSR count). The summed E-state index contributed by atoms with van der Waals surface area (Å²) in [6, 6.07) is 5.96. The van der Waals surface area contributed by atoms with Gasteiger partial charge in [-0.15, -0.1) is 0 Å². The van der Waals surface area contributed by atoms with Gasteiger partial charge in [0.1, 0.15) is 5.82 Å². The number of nitrogens with zero attached hydrogens (tertiary/aromatic N) is 2. The van der Waals surface area contributed by atoms with E-state index in [9.17, 15) is 4.79 Å². The molecule has 2 aromatic rings. The number of ketones is 1. The summed E-state index contributed by atoms with van der Waals surface area (Å²) in [6.07, 6.45) is 0. The molecule has 0 saturated carbocycles. The summed E-state index contributed by atoms with van der Waals surface area (Å²) in [7, 11) is 0. The van der Waals surface area contributed by atoms with Crippen LogP contribution >= 0.6 is 23.3 Å². The Bertz CT molecular complexity index is 578. The van der Waals surface area contributed by atoms with Crippen molar-refractivity contribution in [3.8, 4) is 0 Å². The molecule has 0 aliphatic carbocycles. The molecule has 0 N–H and O–H groups in total. The van der Waals surface area contributed by atoms with Gasteiger partial charge in [0, 0.05) is 5.56 Å². The molecule has 0 aliphatic rings. The molecule has 0 fully saturated rings. The third-order valence-electron chi connectivity index (χ3n) is 2.53. The average Bonchev–Trinajstić information content (AvgIpc) is 2.75. The number of benzene rings is 1. The van der Waals surface area contributed by atoms with E-state index in [1.807, 2.05) is 39.0 Å². The molecule has 3 nitrogen and oxygen atoms in total. The first-order chi connectivity index (χ1) is 8.56. The lowest BCUT2D eigenvalue weighted by molar-refractivity contribution is 0.102. The highest BCUT2D eigenvalue weighted by Gasteiger charge is 2.11. The number of aryl methyl sites for hydroxylation is 3. The molecule has 0 spiro atoms. The maximum Gasteiger partial charge on any atom is 0.173 e. The Morgan fingerprint density at radius 2 is 2.11 bits per heavy atom. The summed E-state index contributed by atoms with van der Waals surface area (Å²) in [5, 5.41) is 0. The van der Waals surface area contributed by atoms with Gasteiger partial charge in [0.25, 0.3) is 0 Å². The fraction of sp³-hybridized carbons (Fsp3) is 0.308. The molecular weight excluding hydrogens is 264 g/mol. The van der Waals surface area contributed by atoms with Crippen molar-refractivity contribution in [3.05, 3.63) is 40.7 Å². The predicted molar refractivity (Wildman–Crippen MR) is 75.6 cm³/mol. The van der Waals surface area contributed by atoms with Crippen molar-refractivity contribution in [2.45, 2.75) is 25.1 Å². The van der Waals surface area contributed by atoms with Gasteiger partial charge in [0.2, 0.25) is 0 Å². The second-order valence-electron chi connectivity index (χ2n) is 4.14. The molecule has 0 atom stereocenters. The lowest BCUT2D eigenvalue weighted by Gasteiger charge is -2.05. The van der Waals surface area contributed by atoms with Crippen LogP contribution in [0.5, 0.6) is 0 Å². The molecule has 1 aromatic carbocycles. The highest BCUT2D eigenvalue weighted by molar-refractivity contribution is 8.01. The number of hydrogen-bond acceptors (Lipinski definition) is 5. The Morgan fingerprint density at radius 3 is 2.78 bits per heavy atom. The second kappa shape index (κ2) is 5.63. The quantitative estimate of drug-likeness (QED) is 0.634. The smallest absolute Gasteiger partial charge is 0.173 e. The van der Waals surface area contributed by atoms with E-state index < -0.39 is 0 Å². The monoisotopic (exact) mass is 278 g/mol. The van der Waals surface area contributed by atoms with Gasteiger partial charge >= 0.3 is 0 Å². The predicted octanol–water partition coefficient (Wildman–Crippen LogP) is 3.44. The summed E-state index contributed by atoms with van der Waals surface area (Å²) >= 11 is 2.80. The van der Waals surface area contributed by atoms with E-state index in [0.717, 1.165) is 26.9 Å². The Balaban J connectivity index is 2.05. The van der Waals surface area contributed by atoms with Crippen LogP contribution in [0.15, 0.2) is 22.5 Å². The first-order valence-electron chi connectivity index (χ1n) is 5.60. The highest BCUT2D eigenvalue weighted by atomic mass is 32.2. The third-order valence-corrected chi connectivity index (χ3v) is 4.45. The molecule has 0 saturated heterocycles. The van der Waals surface area contributed by atoms with E-state index in [0.29, 0.717) is 5.75 Å². The molecule has 0 bridgehead atoms. The minimum absolute atomic E-state index is 0.147. The number of aromatic nitrogens is 2. The van der Waals surface area contributed by atoms with Crippen molar-refractivity contribution < 1.29 is 4.79 Å². The van der Waals surface area contributed by atoms with E-state index >= 15 is 0 Å². The maximum absolute atomic E-state index is 12.1. The molecule has 94 valence electrons. The first-order valence-corrected chi connectivity index (χ1v) is 7.36. The zero-order valence-electron chi connectivity index (χ0n) is 10.6. The van der Waals surface area contributed by atoms with Gasteiger partial charge in [0.05, 0.1) is 5.75 Å². The van der Waals surface area contributed by atoms with E-state index in [4.69, 9.17) is 0 Å². The summed E-state index contributed by atoms with van der Waals surface area (Å²) in [5.74, 6) is 1.33. The number of carbonyl (C=O) groups is 1. The van der Waals surface area contributed by atoms with Crippen molar-refractivity contribution in [1.82, 2.24) is 9.36 Å². The molecule has 0 radical (unpaired) electrons. The number of thioether (sulfide) groups is 1. The Kier molecular flexibility index (Phi) is 4.14. The molecule has 1 aromatic heterocycles. The molecule has 0 aliphatic heterocycles. The first kappa shape index (κ1) is 13.2. The van der Waals surface area contributed by atoms with Crippen LogP contribution in [0.3, 0.4) is 0 Å². The van der Waals surface area contributed by atoms with Crippen LogP contribution in [0, 0.1) is 20.8 Å². The van der Waals surface area contributed by atoms with Crippen LogP contribution in [-0.2, 0) is 0 Å². The summed E-state index contributed by atoms with van der Waals surface area (Å²) in [6.45, 7) is 5.82. The van der Waals surface area contributed by atoms with Gasteiger partial charge in [-0.2, -0.15) is 4.37 Å². The number of hydrogen-bond donors (Lipinski definition) is 0. The van der Waals surface area contributed by atoms with Crippen LogP contribution in [0.2, 0.25) is 0 Å². The van der Waals surface area contributed by atoms with Crippen LogP contribution in [0.4, 0.5) is 0 Å². The van der Waals surface area contributed by atoms with Gasteiger partial charge in [0.15, 0.2) is 10.1 Å². The molecule has 18 heavy (non-hydrogen) atoms. The normalized spacial score (nSPS) is 10.6. The van der Waals surface area contributed by atoms with Crippen molar-refractivity contribution in [3.63, 3.8) is 0 Å². The number of carbonyl (C=O) groups excluding carboxylic acids is 1. The second-order valence-corrected chi connectivity index (χ2v) is 6.11. The molecule has 5 heteroatoms. The highest BCUT2D eigenvalue weighted by Crippen LogP contribution is 2.22. The van der Waals surface area contributed by atoms with E-state index in [2.05, 4.69) is 9.36 Å². The zero-order chi connectivity index (χ0) is 13.1. The van der Waals surface area contributed by atoms with Crippen LogP contribution < -0.4 is 0 Å². The summed E-state index contributed by atoms with van der Waals surface area (Å²) in [5.41, 5.74) is 2.95. The largest absolute Gasteiger partial charge is 0.293 e. The van der Waals surface area contributed by atoms with Gasteiger partial charge < -0.3 is 0 Å². The number of rotatable bonds is 4. The van der Waals surface area contributed by atoms with Gasteiger partial charge in [-0.3, -0.25) is 4.79 Å². The Morgan fingerprint density at radius 1 is 1.33 bits per heavy atom. The van der Waals surface area contributed by atoms with Crippen molar-refractivity contribution in [2.24, 2.45) is 0 Å². The zero-order valence-corrected chi connectivity index (χ0v) is 12.2. The van der Waals surface area contributed by atoms with Gasteiger partial charge in [-0.1, -0.05) is 29.5 Å². The van der Waals surface area contributed by atoms with Gasteiger partial charge in [-0.05, 0) is 43.9 Å². The van der Waals surface area contributed by atoms with Crippen LogP contribution in [0.25, 0.3) is 0 Å². The molecule has 1 heterocycles. The fourth-order valence-electron chi connectivity index (χ4n) is 1.58. The van der Waals surface area contributed by atoms with Crippen molar-refractivity contribution in [2.75, 3.05) is 5.75 Å². The standard InChI is InChI=1S/C13H14N2OS2/c1-8-4-5-9(2)11(6-8)12(16)7-17-13-14-10(3)15-18-13/h4-6H,7H2,1-3H3. The summed E-state index contributed by atoms with van der Waals surface area (Å²) in [4.78, 5) is 16.4. The number of Topliss-reactive ketones (excluding diaryl/α,β-unsaturated/α-hetero) is 1. The minimum atomic E-state index is 0.147. The molecule has 0 unspecified atom stereocenters. The lowest BCUT2D eigenvalue weighted by Crippen LogP contribution is -2.05. The SMILES string of the molecule is Cc1ccc(C)c(C(=O)CSc2nc(C)ns2)c1.